The van der Waals surface area contributed by atoms with Gasteiger partial charge in [-0.1, -0.05) is 28.1 Å². The van der Waals surface area contributed by atoms with Gasteiger partial charge in [0.2, 0.25) is 10.0 Å². The molecule has 0 bridgehead atoms. The number of ketones is 1. The number of carbonyl (C=O) groups excluding carboxylic acids is 2. The van der Waals surface area contributed by atoms with Crippen LogP contribution in [0.1, 0.15) is 34.6 Å². The van der Waals surface area contributed by atoms with Crippen LogP contribution in [0.25, 0.3) is 0 Å². The summed E-state index contributed by atoms with van der Waals surface area (Å²) in [5.74, 6) is -1.03. The molecule has 0 aromatic heterocycles. The molecule has 0 saturated carbocycles. The van der Waals surface area contributed by atoms with Gasteiger partial charge < -0.3 is 4.74 Å². The molecule has 0 heterocycles. The van der Waals surface area contributed by atoms with E-state index in [2.05, 4.69) is 20.7 Å². The molecule has 0 radical (unpaired) electrons. The lowest BCUT2D eigenvalue weighted by molar-refractivity contribution is 0.0474. The lowest BCUT2D eigenvalue weighted by atomic mass is 10.1. The Bertz CT molecular complexity index is 890. The van der Waals surface area contributed by atoms with E-state index in [1.807, 2.05) is 0 Å². The maximum Gasteiger partial charge on any atom is 0.338 e. The second-order valence-electron chi connectivity index (χ2n) is 5.81. The van der Waals surface area contributed by atoms with Gasteiger partial charge in [-0.25, -0.2) is 17.9 Å². The van der Waals surface area contributed by atoms with E-state index >= 15 is 0 Å². The van der Waals surface area contributed by atoms with E-state index in [-0.39, 0.29) is 22.3 Å². The molecule has 2 aromatic rings. The monoisotopic (exact) mass is 439 g/mol. The fourth-order valence-corrected chi connectivity index (χ4v) is 3.60. The van der Waals surface area contributed by atoms with Crippen molar-refractivity contribution in [3.63, 3.8) is 0 Å². The molecular formula is C18H18BrNO5S. The molecule has 2 aromatic carbocycles. The van der Waals surface area contributed by atoms with Crippen LogP contribution in [0.5, 0.6) is 0 Å². The summed E-state index contributed by atoms with van der Waals surface area (Å²) < 4.78 is 32.4. The Labute approximate surface area is 160 Å². The second-order valence-corrected chi connectivity index (χ2v) is 8.44. The Morgan fingerprint density at radius 1 is 1.00 bits per heavy atom. The van der Waals surface area contributed by atoms with Crippen molar-refractivity contribution in [3.8, 4) is 0 Å². The van der Waals surface area contributed by atoms with Gasteiger partial charge in [0, 0.05) is 16.1 Å². The average molecular weight is 440 g/mol. The Balaban J connectivity index is 1.99. The Morgan fingerprint density at radius 3 is 2.08 bits per heavy atom. The molecule has 0 atom stereocenters. The molecule has 0 aliphatic carbocycles. The molecule has 1 N–H and O–H groups in total. The highest BCUT2D eigenvalue weighted by atomic mass is 79.9. The fraction of sp³-hybridized carbons (Fsp3) is 0.222. The van der Waals surface area contributed by atoms with Crippen LogP contribution in [0.4, 0.5) is 0 Å². The molecule has 26 heavy (non-hydrogen) atoms. The van der Waals surface area contributed by atoms with Gasteiger partial charge in [0.15, 0.2) is 12.4 Å². The van der Waals surface area contributed by atoms with Crippen LogP contribution >= 0.6 is 15.9 Å². The summed E-state index contributed by atoms with van der Waals surface area (Å²) in [7, 11) is -3.63. The number of nitrogens with one attached hydrogen (secondary N) is 1. The van der Waals surface area contributed by atoms with Gasteiger partial charge in [-0.05, 0) is 50.2 Å². The highest BCUT2D eigenvalue weighted by molar-refractivity contribution is 9.10. The van der Waals surface area contributed by atoms with Crippen LogP contribution in [0, 0.1) is 0 Å². The number of sulfonamides is 1. The average Bonchev–Trinajstić information content (AvgIpc) is 2.59. The van der Waals surface area contributed by atoms with Crippen molar-refractivity contribution in [1.29, 1.82) is 0 Å². The molecule has 138 valence electrons. The normalized spacial score (nSPS) is 11.4. The quantitative estimate of drug-likeness (QED) is 0.528. The lowest BCUT2D eigenvalue weighted by Crippen LogP contribution is -2.30. The van der Waals surface area contributed by atoms with Crippen molar-refractivity contribution >= 4 is 37.7 Å². The Hall–Kier alpha value is -2.03. The van der Waals surface area contributed by atoms with Gasteiger partial charge in [0.1, 0.15) is 0 Å². The van der Waals surface area contributed by atoms with E-state index < -0.39 is 22.6 Å². The van der Waals surface area contributed by atoms with Crippen LogP contribution < -0.4 is 4.72 Å². The van der Waals surface area contributed by atoms with Gasteiger partial charge >= 0.3 is 5.97 Å². The third-order valence-corrected chi connectivity index (χ3v) is 5.49. The smallest absolute Gasteiger partial charge is 0.338 e. The molecule has 0 spiro atoms. The van der Waals surface area contributed by atoms with Gasteiger partial charge in [0.05, 0.1) is 10.5 Å². The molecule has 2 rings (SSSR count). The number of carbonyl (C=O) groups is 2. The highest BCUT2D eigenvalue weighted by Gasteiger charge is 2.17. The van der Waals surface area contributed by atoms with E-state index in [9.17, 15) is 18.0 Å². The summed E-state index contributed by atoms with van der Waals surface area (Å²) in [6, 6.07) is 11.8. The number of rotatable bonds is 7. The zero-order chi connectivity index (χ0) is 19.3. The van der Waals surface area contributed by atoms with E-state index in [0.29, 0.717) is 5.56 Å². The van der Waals surface area contributed by atoms with Crippen LogP contribution in [-0.2, 0) is 14.8 Å². The zero-order valence-corrected chi connectivity index (χ0v) is 16.6. The molecule has 8 heteroatoms. The first-order valence-electron chi connectivity index (χ1n) is 7.77. The number of hydrogen-bond donors (Lipinski definition) is 1. The topological polar surface area (TPSA) is 89.5 Å². The summed E-state index contributed by atoms with van der Waals surface area (Å²) in [6.07, 6.45) is 0. The number of Topliss-reactive ketones (excluding diaryl/α,β-unsaturated/α-hetero) is 1. The third-order valence-electron chi connectivity index (χ3n) is 3.29. The summed E-state index contributed by atoms with van der Waals surface area (Å²) in [4.78, 5) is 24.1. The zero-order valence-electron chi connectivity index (χ0n) is 14.2. The van der Waals surface area contributed by atoms with Gasteiger partial charge in [-0.3, -0.25) is 4.79 Å². The van der Waals surface area contributed by atoms with Crippen molar-refractivity contribution in [2.75, 3.05) is 6.61 Å². The number of benzene rings is 2. The molecule has 0 aliphatic heterocycles. The summed E-state index contributed by atoms with van der Waals surface area (Å²) >= 11 is 3.28. The van der Waals surface area contributed by atoms with Crippen LogP contribution in [0.3, 0.4) is 0 Å². The van der Waals surface area contributed by atoms with Crippen LogP contribution in [-0.4, -0.2) is 32.8 Å². The maximum absolute atomic E-state index is 12.0. The first kappa shape index (κ1) is 20.3. The fourth-order valence-electron chi connectivity index (χ4n) is 2.08. The van der Waals surface area contributed by atoms with Gasteiger partial charge in [-0.15, -0.1) is 0 Å². The summed E-state index contributed by atoms with van der Waals surface area (Å²) in [6.45, 7) is 3.03. The van der Waals surface area contributed by atoms with Crippen molar-refractivity contribution in [3.05, 3.63) is 64.1 Å². The molecular weight excluding hydrogens is 422 g/mol. The minimum absolute atomic E-state index is 0.0497. The molecule has 0 fully saturated rings. The maximum atomic E-state index is 12.0. The largest absolute Gasteiger partial charge is 0.454 e. The van der Waals surface area contributed by atoms with Crippen molar-refractivity contribution in [1.82, 2.24) is 4.72 Å². The van der Waals surface area contributed by atoms with Crippen molar-refractivity contribution in [2.24, 2.45) is 0 Å². The minimum atomic E-state index is -3.63. The van der Waals surface area contributed by atoms with Gasteiger partial charge in [-0.2, -0.15) is 0 Å². The summed E-state index contributed by atoms with van der Waals surface area (Å²) in [5.41, 5.74) is 0.597. The molecule has 0 unspecified atom stereocenters. The van der Waals surface area contributed by atoms with Gasteiger partial charge in [0.25, 0.3) is 0 Å². The van der Waals surface area contributed by atoms with E-state index in [1.54, 1.807) is 38.1 Å². The number of ether oxygens (including phenoxy) is 1. The molecule has 6 nitrogen and oxygen atoms in total. The third kappa shape index (κ3) is 5.48. The van der Waals surface area contributed by atoms with Crippen LogP contribution in [0.15, 0.2) is 57.9 Å². The molecule has 0 aliphatic rings. The Morgan fingerprint density at radius 2 is 1.54 bits per heavy atom. The Kier molecular flexibility index (Phi) is 6.69. The first-order valence-corrected chi connectivity index (χ1v) is 10.0. The van der Waals surface area contributed by atoms with E-state index in [0.717, 1.165) is 4.47 Å². The predicted molar refractivity (Wildman–Crippen MR) is 101 cm³/mol. The number of esters is 1. The minimum Gasteiger partial charge on any atom is -0.454 e. The summed E-state index contributed by atoms with van der Waals surface area (Å²) in [5, 5.41) is 0. The second kappa shape index (κ2) is 8.57. The van der Waals surface area contributed by atoms with Crippen LogP contribution in [0.2, 0.25) is 0 Å². The lowest BCUT2D eigenvalue weighted by Gasteiger charge is -2.10. The predicted octanol–water partition coefficient (Wildman–Crippen LogP) is 3.18. The number of hydrogen-bond acceptors (Lipinski definition) is 5. The van der Waals surface area contributed by atoms with E-state index in [4.69, 9.17) is 4.74 Å². The number of halogens is 1. The standard InChI is InChI=1S/C18H18BrNO5S/c1-12(2)20-26(23,24)16-9-5-14(6-10-16)18(22)25-11-17(21)13-3-7-15(19)8-4-13/h3-10,12,20H,11H2,1-2H3. The SMILES string of the molecule is CC(C)NS(=O)(=O)c1ccc(C(=O)OCC(=O)c2ccc(Br)cc2)cc1. The van der Waals surface area contributed by atoms with E-state index in [1.165, 1.54) is 24.3 Å². The van der Waals surface area contributed by atoms with Crippen molar-refractivity contribution < 1.29 is 22.7 Å². The first-order chi connectivity index (χ1) is 12.2. The molecule has 0 saturated heterocycles. The molecule has 0 amide bonds. The van der Waals surface area contributed by atoms with Crippen molar-refractivity contribution in [2.45, 2.75) is 24.8 Å². The highest BCUT2D eigenvalue weighted by Crippen LogP contribution is 2.13.